The molecule has 1 aliphatic carbocycles. The van der Waals surface area contributed by atoms with Crippen LogP contribution in [0.3, 0.4) is 0 Å². The number of anilines is 1. The first kappa shape index (κ1) is 22.1. The molecule has 1 aromatic carbocycles. The number of aromatic nitrogens is 2. The lowest BCUT2D eigenvalue weighted by atomic mass is 10.1. The van der Waals surface area contributed by atoms with E-state index < -0.39 is 0 Å². The monoisotopic (exact) mass is 462 g/mol. The lowest BCUT2D eigenvalue weighted by molar-refractivity contribution is 0.148. The third-order valence-corrected chi connectivity index (χ3v) is 6.87. The fourth-order valence-corrected chi connectivity index (χ4v) is 4.76. The van der Waals surface area contributed by atoms with Crippen molar-refractivity contribution in [3.63, 3.8) is 0 Å². The van der Waals surface area contributed by atoms with Crippen molar-refractivity contribution in [2.75, 3.05) is 44.2 Å². The Labute approximate surface area is 193 Å². The van der Waals surface area contributed by atoms with Crippen molar-refractivity contribution in [1.29, 1.82) is 0 Å². The number of amides is 2. The topological polar surface area (TPSA) is 78.6 Å². The molecule has 166 valence electrons. The Hall–Kier alpha value is -2.09. The minimum absolute atomic E-state index is 0.00235. The minimum atomic E-state index is -0.00235. The van der Waals surface area contributed by atoms with Gasteiger partial charge in [-0.3, -0.25) is 0 Å². The van der Waals surface area contributed by atoms with Gasteiger partial charge in [0.05, 0.1) is 10.0 Å². The molecular formula is C22H28Cl2N6O. The average molecular weight is 463 g/mol. The predicted octanol–water partition coefficient (Wildman–Crippen LogP) is 3.54. The van der Waals surface area contributed by atoms with Crippen LogP contribution in [0.5, 0.6) is 0 Å². The molecule has 7 nitrogen and oxygen atoms in total. The second-order valence-corrected chi connectivity index (χ2v) is 9.03. The van der Waals surface area contributed by atoms with Gasteiger partial charge in [0.1, 0.15) is 12.1 Å². The Balaban J connectivity index is 1.42. The van der Waals surface area contributed by atoms with Crippen molar-refractivity contribution in [2.24, 2.45) is 5.73 Å². The van der Waals surface area contributed by atoms with Gasteiger partial charge < -0.3 is 20.4 Å². The van der Waals surface area contributed by atoms with E-state index in [9.17, 15) is 4.79 Å². The summed E-state index contributed by atoms with van der Waals surface area (Å²) in [5.74, 6) is 1.52. The van der Waals surface area contributed by atoms with Crippen LogP contribution in [0.1, 0.15) is 36.1 Å². The zero-order valence-electron chi connectivity index (χ0n) is 17.7. The van der Waals surface area contributed by atoms with Crippen LogP contribution < -0.4 is 10.6 Å². The van der Waals surface area contributed by atoms with Crippen LogP contribution in [0.15, 0.2) is 24.5 Å². The van der Waals surface area contributed by atoms with Gasteiger partial charge in [0.25, 0.3) is 0 Å². The van der Waals surface area contributed by atoms with Gasteiger partial charge in [0.15, 0.2) is 0 Å². The number of carbonyl (C=O) groups excluding carboxylic acids is 1. The minimum Gasteiger partial charge on any atom is -0.353 e. The number of nitrogens with zero attached hydrogens (tertiary/aromatic N) is 5. The molecular weight excluding hydrogens is 435 g/mol. The first-order chi connectivity index (χ1) is 15.0. The summed E-state index contributed by atoms with van der Waals surface area (Å²) in [5, 5.41) is 0.989. The molecule has 1 atom stereocenters. The summed E-state index contributed by atoms with van der Waals surface area (Å²) >= 11 is 12.2. The second-order valence-electron chi connectivity index (χ2n) is 8.21. The largest absolute Gasteiger partial charge is 0.353 e. The normalized spacial score (nSPS) is 18.3. The standard InChI is InChI=1S/C22H28Cl2N6O/c1-15-2-5-19-20(15)21(27-14-26-19)28-8-10-29(11-9-28)22(31)30(7-6-25)13-16-3-4-17(23)18(24)12-16/h3-4,12,14-15H,2,5-11,13,25H2,1H3. The number of benzene rings is 1. The van der Waals surface area contributed by atoms with E-state index in [0.29, 0.717) is 48.7 Å². The zero-order chi connectivity index (χ0) is 22.0. The molecule has 2 aliphatic rings. The van der Waals surface area contributed by atoms with Crippen molar-refractivity contribution in [3.05, 3.63) is 51.4 Å². The Morgan fingerprint density at radius 3 is 2.68 bits per heavy atom. The average Bonchev–Trinajstić information content (AvgIpc) is 3.17. The van der Waals surface area contributed by atoms with Crippen LogP contribution in [-0.2, 0) is 13.0 Å². The van der Waals surface area contributed by atoms with E-state index in [4.69, 9.17) is 28.9 Å². The molecule has 0 bridgehead atoms. The maximum Gasteiger partial charge on any atom is 0.320 e. The molecule has 0 radical (unpaired) electrons. The van der Waals surface area contributed by atoms with E-state index in [1.165, 1.54) is 11.3 Å². The number of piperazine rings is 1. The Kier molecular flexibility index (Phi) is 6.84. The van der Waals surface area contributed by atoms with Crippen molar-refractivity contribution in [3.8, 4) is 0 Å². The molecule has 31 heavy (non-hydrogen) atoms. The highest BCUT2D eigenvalue weighted by molar-refractivity contribution is 6.42. The molecule has 0 saturated carbocycles. The number of carbonyl (C=O) groups is 1. The highest BCUT2D eigenvalue weighted by Gasteiger charge is 2.30. The van der Waals surface area contributed by atoms with Crippen molar-refractivity contribution >= 4 is 35.1 Å². The van der Waals surface area contributed by atoms with E-state index in [2.05, 4.69) is 21.8 Å². The van der Waals surface area contributed by atoms with Crippen LogP contribution in [0, 0.1) is 0 Å². The smallest absolute Gasteiger partial charge is 0.320 e. The van der Waals surface area contributed by atoms with E-state index in [1.807, 2.05) is 11.0 Å². The van der Waals surface area contributed by atoms with Gasteiger partial charge in [0, 0.05) is 57.1 Å². The third kappa shape index (κ3) is 4.73. The van der Waals surface area contributed by atoms with Crippen LogP contribution in [-0.4, -0.2) is 65.1 Å². The summed E-state index contributed by atoms with van der Waals surface area (Å²) in [7, 11) is 0. The number of fused-ring (bicyclic) bond motifs is 1. The van der Waals surface area contributed by atoms with Gasteiger partial charge >= 0.3 is 6.03 Å². The molecule has 0 spiro atoms. The number of nitrogens with two attached hydrogens (primary N) is 1. The van der Waals surface area contributed by atoms with Gasteiger partial charge in [0.2, 0.25) is 0 Å². The van der Waals surface area contributed by atoms with Gasteiger partial charge in [-0.2, -0.15) is 0 Å². The van der Waals surface area contributed by atoms with E-state index in [1.54, 1.807) is 23.4 Å². The Bertz CT molecular complexity index is 948. The van der Waals surface area contributed by atoms with Crippen molar-refractivity contribution in [2.45, 2.75) is 32.2 Å². The molecule has 9 heteroatoms. The third-order valence-electron chi connectivity index (χ3n) is 6.13. The first-order valence-electron chi connectivity index (χ1n) is 10.7. The SMILES string of the molecule is CC1CCc2ncnc(N3CCN(C(=O)N(CCN)Cc4ccc(Cl)c(Cl)c4)CC3)c21. The highest BCUT2D eigenvalue weighted by atomic mass is 35.5. The number of aryl methyl sites for hydroxylation is 1. The fraction of sp³-hybridized carbons (Fsp3) is 0.500. The maximum absolute atomic E-state index is 13.2. The second kappa shape index (κ2) is 9.59. The van der Waals surface area contributed by atoms with Gasteiger partial charge in [-0.1, -0.05) is 36.2 Å². The number of hydrogen-bond acceptors (Lipinski definition) is 5. The van der Waals surface area contributed by atoms with Crippen LogP contribution in [0.25, 0.3) is 0 Å². The summed E-state index contributed by atoms with van der Waals surface area (Å²) in [6.45, 7) is 6.38. The van der Waals surface area contributed by atoms with Gasteiger partial charge in [-0.15, -0.1) is 0 Å². The number of halogens is 2. The van der Waals surface area contributed by atoms with Gasteiger partial charge in [-0.05, 0) is 36.5 Å². The van der Waals surface area contributed by atoms with E-state index in [-0.39, 0.29) is 6.03 Å². The zero-order valence-corrected chi connectivity index (χ0v) is 19.2. The molecule has 1 fully saturated rings. The molecule has 1 aliphatic heterocycles. The maximum atomic E-state index is 13.2. The molecule has 2 aromatic rings. The van der Waals surface area contributed by atoms with Crippen LogP contribution in [0.2, 0.25) is 10.0 Å². The fourth-order valence-electron chi connectivity index (χ4n) is 4.44. The Morgan fingerprint density at radius 1 is 1.19 bits per heavy atom. The van der Waals surface area contributed by atoms with E-state index >= 15 is 0 Å². The van der Waals surface area contributed by atoms with E-state index in [0.717, 1.165) is 37.3 Å². The summed E-state index contributed by atoms with van der Waals surface area (Å²) < 4.78 is 0. The molecule has 4 rings (SSSR count). The highest BCUT2D eigenvalue weighted by Crippen LogP contribution is 2.37. The summed E-state index contributed by atoms with van der Waals surface area (Å²) in [6.07, 6.45) is 3.82. The Morgan fingerprint density at radius 2 is 1.97 bits per heavy atom. The molecule has 2 heterocycles. The van der Waals surface area contributed by atoms with Crippen LogP contribution >= 0.6 is 23.2 Å². The summed E-state index contributed by atoms with van der Waals surface area (Å²) in [6, 6.07) is 5.44. The summed E-state index contributed by atoms with van der Waals surface area (Å²) in [4.78, 5) is 28.2. The van der Waals surface area contributed by atoms with Crippen molar-refractivity contribution in [1.82, 2.24) is 19.8 Å². The molecule has 1 saturated heterocycles. The quantitative estimate of drug-likeness (QED) is 0.734. The molecule has 2 amide bonds. The lowest BCUT2D eigenvalue weighted by Gasteiger charge is -2.38. The number of hydrogen-bond donors (Lipinski definition) is 1. The first-order valence-corrected chi connectivity index (χ1v) is 11.5. The van der Waals surface area contributed by atoms with Gasteiger partial charge in [-0.25, -0.2) is 14.8 Å². The predicted molar refractivity (Wildman–Crippen MR) is 124 cm³/mol. The molecule has 2 N–H and O–H groups in total. The number of rotatable bonds is 5. The lowest BCUT2D eigenvalue weighted by Crippen LogP contribution is -2.53. The number of urea groups is 1. The molecule has 1 aromatic heterocycles. The molecule has 1 unspecified atom stereocenters. The van der Waals surface area contributed by atoms with Crippen LogP contribution in [0.4, 0.5) is 10.6 Å². The summed E-state index contributed by atoms with van der Waals surface area (Å²) in [5.41, 5.74) is 9.17. The van der Waals surface area contributed by atoms with Crippen molar-refractivity contribution < 1.29 is 4.79 Å².